The van der Waals surface area contributed by atoms with Crippen molar-refractivity contribution < 1.29 is 8.76 Å². The molecule has 1 aliphatic rings. The van der Waals surface area contributed by atoms with Crippen molar-refractivity contribution in [3.8, 4) is 0 Å². The van der Waals surface area contributed by atoms with E-state index in [0.29, 0.717) is 23.0 Å². The molecule has 1 unspecified atom stereocenters. The maximum Gasteiger partial charge on any atom is 0.129 e. The van der Waals surface area contributed by atoms with E-state index in [1.165, 1.54) is 5.56 Å². The lowest BCUT2D eigenvalue weighted by Crippen LogP contribution is -2.55. The summed E-state index contributed by atoms with van der Waals surface area (Å²) in [5.74, 6) is 1.07. The van der Waals surface area contributed by atoms with Gasteiger partial charge in [0, 0.05) is 35.6 Å². The molecular formula is C18H22ClN2O2S-. The van der Waals surface area contributed by atoms with Crippen LogP contribution in [0.4, 0.5) is 5.69 Å². The molecule has 2 heterocycles. The minimum atomic E-state index is -1.95. The monoisotopic (exact) mass is 365 g/mol. The zero-order valence-corrected chi connectivity index (χ0v) is 15.7. The Morgan fingerprint density at radius 2 is 2.17 bits per heavy atom. The second kappa shape index (κ2) is 6.98. The molecule has 0 aliphatic carbocycles. The first-order valence-electron chi connectivity index (χ1n) is 8.29. The Balaban J connectivity index is 1.91. The number of hydrogen-bond donors (Lipinski definition) is 0. The maximum atomic E-state index is 10.8. The Morgan fingerprint density at radius 3 is 2.79 bits per heavy atom. The van der Waals surface area contributed by atoms with Crippen molar-refractivity contribution in [3.05, 3.63) is 35.1 Å². The van der Waals surface area contributed by atoms with E-state index in [-0.39, 0.29) is 5.75 Å². The predicted molar refractivity (Wildman–Crippen MR) is 99.5 cm³/mol. The number of hydrogen-bond acceptors (Lipinski definition) is 4. The fourth-order valence-corrected chi connectivity index (χ4v) is 4.21. The van der Waals surface area contributed by atoms with Gasteiger partial charge in [0.05, 0.1) is 0 Å². The smallest absolute Gasteiger partial charge is 0.129 e. The molecule has 2 aromatic rings. The van der Waals surface area contributed by atoms with Crippen LogP contribution in [0.2, 0.25) is 5.15 Å². The number of benzene rings is 1. The zero-order valence-electron chi connectivity index (χ0n) is 14.2. The van der Waals surface area contributed by atoms with Crippen LogP contribution in [0.25, 0.3) is 10.8 Å². The van der Waals surface area contributed by atoms with Crippen LogP contribution in [0, 0.1) is 5.92 Å². The summed E-state index contributed by atoms with van der Waals surface area (Å²) in [6.45, 7) is 7.40. The standard InChI is InChI=1S/C18H23ClN2O2S/c1-11(2)14-4-5-17(16-9-20-18(19)8-15(14)16)21-10-13(12(21)3)6-7-24(22)23/h4-5,8-9,11-13H,6-7,10H2,1-3H3,(H,22,23)/p-1/t12-,13+/m1/s1. The van der Waals surface area contributed by atoms with Gasteiger partial charge in [-0.2, -0.15) is 0 Å². The highest BCUT2D eigenvalue weighted by Gasteiger charge is 2.35. The van der Waals surface area contributed by atoms with E-state index < -0.39 is 11.1 Å². The molecule has 24 heavy (non-hydrogen) atoms. The van der Waals surface area contributed by atoms with Gasteiger partial charge >= 0.3 is 0 Å². The van der Waals surface area contributed by atoms with Crippen LogP contribution >= 0.6 is 11.6 Å². The van der Waals surface area contributed by atoms with Crippen molar-refractivity contribution in [2.45, 2.75) is 39.2 Å². The lowest BCUT2D eigenvalue weighted by atomic mass is 9.86. The lowest BCUT2D eigenvalue weighted by Gasteiger charge is -2.49. The van der Waals surface area contributed by atoms with Crippen molar-refractivity contribution in [1.82, 2.24) is 4.98 Å². The third kappa shape index (κ3) is 3.30. The van der Waals surface area contributed by atoms with Gasteiger partial charge in [-0.05, 0) is 48.3 Å². The number of nitrogens with zero attached hydrogens (tertiary/aromatic N) is 2. The van der Waals surface area contributed by atoms with Crippen molar-refractivity contribution in [3.63, 3.8) is 0 Å². The molecule has 6 heteroatoms. The summed E-state index contributed by atoms with van der Waals surface area (Å²) in [4.78, 5) is 6.60. The molecule has 0 amide bonds. The number of aromatic nitrogens is 1. The largest absolute Gasteiger partial charge is 0.772 e. The fraction of sp³-hybridized carbons (Fsp3) is 0.500. The molecule has 1 aromatic carbocycles. The predicted octanol–water partition coefficient (Wildman–Crippen LogP) is 4.11. The van der Waals surface area contributed by atoms with Gasteiger partial charge in [0.25, 0.3) is 0 Å². The zero-order chi connectivity index (χ0) is 17.4. The van der Waals surface area contributed by atoms with Crippen molar-refractivity contribution in [1.29, 1.82) is 0 Å². The molecule has 3 rings (SSSR count). The molecule has 0 spiro atoms. The van der Waals surface area contributed by atoms with Gasteiger partial charge in [0.2, 0.25) is 0 Å². The summed E-state index contributed by atoms with van der Waals surface area (Å²) in [7, 11) is 0. The SMILES string of the molecule is CC(C)c1ccc(N2C[C@H](CCS(=O)[O-])[C@H]2C)c2cnc(Cl)cc12. The summed E-state index contributed by atoms with van der Waals surface area (Å²) < 4.78 is 21.6. The molecule has 1 aliphatic heterocycles. The van der Waals surface area contributed by atoms with Crippen LogP contribution in [-0.4, -0.2) is 32.1 Å². The number of halogens is 1. The lowest BCUT2D eigenvalue weighted by molar-refractivity contribution is 0.304. The third-order valence-corrected chi connectivity index (χ3v) is 5.85. The van der Waals surface area contributed by atoms with Crippen LogP contribution in [0.5, 0.6) is 0 Å². The highest BCUT2D eigenvalue weighted by Crippen LogP contribution is 2.39. The van der Waals surface area contributed by atoms with Crippen LogP contribution in [0.1, 0.15) is 38.7 Å². The number of rotatable bonds is 5. The van der Waals surface area contributed by atoms with Gasteiger partial charge in [0.1, 0.15) is 5.15 Å². The van der Waals surface area contributed by atoms with E-state index in [1.54, 1.807) is 0 Å². The van der Waals surface area contributed by atoms with Crippen molar-refractivity contribution in [2.24, 2.45) is 5.92 Å². The van der Waals surface area contributed by atoms with E-state index in [0.717, 1.165) is 29.4 Å². The molecule has 0 saturated carbocycles. The van der Waals surface area contributed by atoms with Crippen molar-refractivity contribution >= 4 is 39.1 Å². The molecule has 1 fully saturated rings. The quantitative estimate of drug-likeness (QED) is 0.591. The molecule has 0 radical (unpaired) electrons. The molecule has 1 saturated heterocycles. The Kier molecular flexibility index (Phi) is 5.13. The summed E-state index contributed by atoms with van der Waals surface area (Å²) >= 11 is 4.16. The molecule has 130 valence electrons. The molecule has 1 aromatic heterocycles. The molecule has 0 N–H and O–H groups in total. The Labute approximate surface area is 150 Å². The first-order chi connectivity index (χ1) is 11.4. The van der Waals surface area contributed by atoms with Crippen molar-refractivity contribution in [2.75, 3.05) is 17.2 Å². The third-order valence-electron chi connectivity index (χ3n) is 5.07. The average molecular weight is 366 g/mol. The Hall–Kier alpha value is -1.17. The fourth-order valence-electron chi connectivity index (χ4n) is 3.56. The van der Waals surface area contributed by atoms with E-state index in [1.807, 2.05) is 12.3 Å². The van der Waals surface area contributed by atoms with Gasteiger partial charge in [-0.15, -0.1) is 0 Å². The van der Waals surface area contributed by atoms with Crippen LogP contribution in [0.15, 0.2) is 24.4 Å². The normalized spacial score (nSPS) is 22.0. The van der Waals surface area contributed by atoms with E-state index in [4.69, 9.17) is 11.6 Å². The minimum absolute atomic E-state index is 0.243. The average Bonchev–Trinajstić information content (AvgIpc) is 2.52. The number of pyridine rings is 1. The van der Waals surface area contributed by atoms with Crippen LogP contribution < -0.4 is 4.90 Å². The summed E-state index contributed by atoms with van der Waals surface area (Å²) in [6.07, 6.45) is 2.57. The maximum absolute atomic E-state index is 10.8. The van der Waals surface area contributed by atoms with E-state index >= 15 is 0 Å². The van der Waals surface area contributed by atoms with Gasteiger partial charge in [-0.3, -0.25) is 4.21 Å². The van der Waals surface area contributed by atoms with Gasteiger partial charge in [-0.25, -0.2) is 4.98 Å². The van der Waals surface area contributed by atoms with Gasteiger partial charge in [-0.1, -0.05) is 42.6 Å². The second-order valence-electron chi connectivity index (χ2n) is 6.83. The number of fused-ring (bicyclic) bond motifs is 1. The first-order valence-corrected chi connectivity index (χ1v) is 9.91. The van der Waals surface area contributed by atoms with Gasteiger partial charge < -0.3 is 9.45 Å². The van der Waals surface area contributed by atoms with Crippen LogP contribution in [-0.2, 0) is 11.1 Å². The topological polar surface area (TPSA) is 56.3 Å². The second-order valence-corrected chi connectivity index (χ2v) is 8.23. The van der Waals surface area contributed by atoms with E-state index in [2.05, 4.69) is 42.8 Å². The molecular weight excluding hydrogens is 344 g/mol. The molecule has 4 nitrogen and oxygen atoms in total. The summed E-state index contributed by atoms with van der Waals surface area (Å²) in [5.41, 5.74) is 2.43. The summed E-state index contributed by atoms with van der Waals surface area (Å²) in [6, 6.07) is 6.60. The highest BCUT2D eigenvalue weighted by molar-refractivity contribution is 7.79. The molecule has 3 atom stereocenters. The Morgan fingerprint density at radius 1 is 1.42 bits per heavy atom. The summed E-state index contributed by atoms with van der Waals surface area (Å²) in [5, 5.41) is 2.77. The van der Waals surface area contributed by atoms with Gasteiger partial charge in [0.15, 0.2) is 0 Å². The Bertz CT molecular complexity index is 781. The molecule has 0 bridgehead atoms. The first kappa shape index (κ1) is 17.6. The van der Waals surface area contributed by atoms with E-state index in [9.17, 15) is 8.76 Å². The minimum Gasteiger partial charge on any atom is -0.772 e. The highest BCUT2D eigenvalue weighted by atomic mass is 35.5. The number of anilines is 1. The van der Waals surface area contributed by atoms with Crippen LogP contribution in [0.3, 0.4) is 0 Å².